The van der Waals surface area contributed by atoms with Gasteiger partial charge in [-0.15, -0.1) is 0 Å². The van der Waals surface area contributed by atoms with Crippen LogP contribution in [0.3, 0.4) is 0 Å². The maximum Gasteiger partial charge on any atom is 0.225 e. The van der Waals surface area contributed by atoms with Gasteiger partial charge in [0.2, 0.25) is 10.7 Å². The summed E-state index contributed by atoms with van der Waals surface area (Å²) < 4.78 is 2.56. The van der Waals surface area contributed by atoms with E-state index in [4.69, 9.17) is 12.2 Å². The van der Waals surface area contributed by atoms with Crippen LogP contribution < -0.4 is 9.80 Å². The molecule has 1 saturated heterocycles. The summed E-state index contributed by atoms with van der Waals surface area (Å²) in [5.41, 5.74) is 1.05. The van der Waals surface area contributed by atoms with Gasteiger partial charge in [-0.2, -0.15) is 4.98 Å². The average Bonchev–Trinajstić information content (AvgIpc) is 3.04. The summed E-state index contributed by atoms with van der Waals surface area (Å²) in [6.45, 7) is 4.69. The Morgan fingerprint density at radius 1 is 1.04 bits per heavy atom. The van der Waals surface area contributed by atoms with E-state index in [2.05, 4.69) is 25.0 Å². The minimum atomic E-state index is 0.597. The molecule has 1 aromatic carbocycles. The molecule has 0 bridgehead atoms. The molecule has 0 atom stereocenters. The maximum atomic E-state index is 5.42. The molecule has 25 heavy (non-hydrogen) atoms. The van der Waals surface area contributed by atoms with Crippen LogP contribution in [0.1, 0.15) is 0 Å². The van der Waals surface area contributed by atoms with Crippen LogP contribution in [0.15, 0.2) is 48.8 Å². The Balaban J connectivity index is 1.41. The summed E-state index contributed by atoms with van der Waals surface area (Å²) in [4.78, 5) is 16.8. The number of piperazine rings is 1. The van der Waals surface area contributed by atoms with E-state index in [1.807, 2.05) is 41.1 Å². The van der Waals surface area contributed by atoms with Gasteiger partial charge in [-0.1, -0.05) is 30.3 Å². The van der Waals surface area contributed by atoms with E-state index < -0.39 is 0 Å². The number of benzene rings is 1. The highest BCUT2D eigenvalue weighted by Gasteiger charge is 2.22. The first-order valence-corrected chi connectivity index (χ1v) is 8.78. The second kappa shape index (κ2) is 7.12. The van der Waals surface area contributed by atoms with Gasteiger partial charge in [0, 0.05) is 18.0 Å². The van der Waals surface area contributed by atoms with Crippen LogP contribution in [0.25, 0.3) is 11.4 Å². The van der Waals surface area contributed by atoms with Crippen molar-refractivity contribution >= 4 is 18.2 Å². The summed E-state index contributed by atoms with van der Waals surface area (Å²) in [6.07, 6.45) is 3.58. The van der Waals surface area contributed by atoms with Gasteiger partial charge < -0.3 is 9.80 Å². The molecule has 0 spiro atoms. The third-order valence-electron chi connectivity index (χ3n) is 4.41. The molecule has 7 nitrogen and oxygen atoms in total. The standard InChI is InChI=1S/C17H19N7S/c25-17-20-15(14-5-2-1-3-6-14)21-24(17)13-22-9-11-23(12-10-22)16-18-7-4-8-19-16/h1-8H,9-13H2,(H,20,21,25)/p+1. The molecule has 0 amide bonds. The fourth-order valence-corrected chi connectivity index (χ4v) is 3.25. The number of quaternary nitrogens is 1. The SMILES string of the molecule is S=c1nc(-c2ccccc2)[nH]n1C[NH+]1CCN(c2ncccn2)CC1. The number of hydrogen-bond donors (Lipinski definition) is 2. The number of nitrogens with one attached hydrogen (secondary N) is 2. The summed E-state index contributed by atoms with van der Waals surface area (Å²) in [7, 11) is 0. The number of nitrogens with zero attached hydrogens (tertiary/aromatic N) is 5. The predicted octanol–water partition coefficient (Wildman–Crippen LogP) is 0.760. The minimum absolute atomic E-state index is 0.597. The highest BCUT2D eigenvalue weighted by Crippen LogP contribution is 2.13. The van der Waals surface area contributed by atoms with Crippen molar-refractivity contribution in [3.63, 3.8) is 0 Å². The van der Waals surface area contributed by atoms with Crippen LogP contribution in [-0.2, 0) is 6.67 Å². The summed E-state index contributed by atoms with van der Waals surface area (Å²) in [5.74, 6) is 1.63. The molecule has 0 aliphatic carbocycles. The molecule has 8 heteroatoms. The Bertz CT molecular complexity index is 867. The van der Waals surface area contributed by atoms with Crippen molar-refractivity contribution in [2.45, 2.75) is 6.67 Å². The molecular weight excluding hydrogens is 334 g/mol. The monoisotopic (exact) mass is 354 g/mol. The first kappa shape index (κ1) is 15.9. The molecule has 1 aliphatic heterocycles. The maximum absolute atomic E-state index is 5.42. The zero-order chi connectivity index (χ0) is 17.1. The zero-order valence-electron chi connectivity index (χ0n) is 13.8. The Morgan fingerprint density at radius 3 is 2.48 bits per heavy atom. The van der Waals surface area contributed by atoms with Gasteiger partial charge in [-0.05, 0) is 18.3 Å². The zero-order valence-corrected chi connectivity index (χ0v) is 14.6. The summed E-state index contributed by atoms with van der Waals surface area (Å²) in [5, 5.41) is 3.33. The first-order chi connectivity index (χ1) is 12.3. The fourth-order valence-electron chi connectivity index (χ4n) is 3.05. The van der Waals surface area contributed by atoms with Crippen LogP contribution in [-0.4, -0.2) is 50.9 Å². The van der Waals surface area contributed by atoms with Crippen LogP contribution in [0.5, 0.6) is 0 Å². The number of aromatic amines is 1. The van der Waals surface area contributed by atoms with E-state index >= 15 is 0 Å². The third-order valence-corrected chi connectivity index (χ3v) is 4.73. The lowest BCUT2D eigenvalue weighted by Gasteiger charge is -2.31. The number of H-pyrrole nitrogens is 1. The highest BCUT2D eigenvalue weighted by atomic mass is 32.1. The third kappa shape index (κ3) is 3.59. The Morgan fingerprint density at radius 2 is 1.76 bits per heavy atom. The van der Waals surface area contributed by atoms with Crippen LogP contribution >= 0.6 is 12.2 Å². The van der Waals surface area contributed by atoms with E-state index in [1.165, 1.54) is 4.90 Å². The van der Waals surface area contributed by atoms with E-state index in [-0.39, 0.29) is 0 Å². The van der Waals surface area contributed by atoms with Gasteiger partial charge in [0.25, 0.3) is 0 Å². The van der Waals surface area contributed by atoms with Crippen molar-refractivity contribution in [2.24, 2.45) is 0 Å². The molecule has 1 fully saturated rings. The Kier molecular flexibility index (Phi) is 4.53. The normalized spacial score (nSPS) is 15.4. The molecule has 0 unspecified atom stereocenters. The van der Waals surface area contributed by atoms with Gasteiger partial charge in [-0.25, -0.2) is 14.6 Å². The van der Waals surface area contributed by atoms with Gasteiger partial charge >= 0.3 is 0 Å². The van der Waals surface area contributed by atoms with Gasteiger partial charge in [-0.3, -0.25) is 5.10 Å². The lowest BCUT2D eigenvalue weighted by atomic mass is 10.2. The lowest BCUT2D eigenvalue weighted by Crippen LogP contribution is -3.14. The van der Waals surface area contributed by atoms with Crippen molar-refractivity contribution in [3.05, 3.63) is 53.6 Å². The molecular formula is C17H20N7S+. The second-order valence-electron chi connectivity index (χ2n) is 6.09. The molecule has 4 rings (SSSR count). The Labute approximate surface area is 151 Å². The van der Waals surface area contributed by atoms with E-state index in [0.29, 0.717) is 4.77 Å². The predicted molar refractivity (Wildman–Crippen MR) is 97.8 cm³/mol. The van der Waals surface area contributed by atoms with Crippen molar-refractivity contribution < 1.29 is 4.90 Å². The van der Waals surface area contributed by atoms with Crippen molar-refractivity contribution in [2.75, 3.05) is 31.1 Å². The molecule has 2 aromatic heterocycles. The number of rotatable bonds is 4. The summed E-state index contributed by atoms with van der Waals surface area (Å²) >= 11 is 5.42. The second-order valence-corrected chi connectivity index (χ2v) is 6.46. The highest BCUT2D eigenvalue weighted by molar-refractivity contribution is 7.71. The lowest BCUT2D eigenvalue weighted by molar-refractivity contribution is -0.924. The van der Waals surface area contributed by atoms with Crippen molar-refractivity contribution in [1.82, 2.24) is 24.7 Å². The molecule has 128 valence electrons. The number of anilines is 1. The molecule has 0 saturated carbocycles. The smallest absolute Gasteiger partial charge is 0.225 e. The molecule has 1 aliphatic rings. The quantitative estimate of drug-likeness (QED) is 0.677. The fraction of sp³-hybridized carbons (Fsp3) is 0.294. The van der Waals surface area contributed by atoms with E-state index in [0.717, 1.165) is 50.2 Å². The minimum Gasteiger partial charge on any atom is -0.330 e. The number of hydrogen-bond acceptors (Lipinski definition) is 5. The largest absolute Gasteiger partial charge is 0.330 e. The number of aromatic nitrogens is 5. The van der Waals surface area contributed by atoms with Gasteiger partial charge in [0.05, 0.1) is 26.2 Å². The molecule has 3 heterocycles. The van der Waals surface area contributed by atoms with Crippen LogP contribution in [0.2, 0.25) is 0 Å². The summed E-state index contributed by atoms with van der Waals surface area (Å²) in [6, 6.07) is 11.9. The van der Waals surface area contributed by atoms with Crippen LogP contribution in [0, 0.1) is 4.77 Å². The van der Waals surface area contributed by atoms with Crippen LogP contribution in [0.4, 0.5) is 5.95 Å². The van der Waals surface area contributed by atoms with E-state index in [9.17, 15) is 0 Å². The topological polar surface area (TPSA) is 67.1 Å². The average molecular weight is 354 g/mol. The van der Waals surface area contributed by atoms with Crippen molar-refractivity contribution in [3.8, 4) is 11.4 Å². The van der Waals surface area contributed by atoms with Crippen molar-refractivity contribution in [1.29, 1.82) is 0 Å². The van der Waals surface area contributed by atoms with Gasteiger partial charge in [0.15, 0.2) is 12.5 Å². The van der Waals surface area contributed by atoms with E-state index in [1.54, 1.807) is 12.4 Å². The van der Waals surface area contributed by atoms with Gasteiger partial charge in [0.1, 0.15) is 0 Å². The Hall–Kier alpha value is -2.58. The first-order valence-electron chi connectivity index (χ1n) is 8.37. The molecule has 3 aromatic rings. The molecule has 2 N–H and O–H groups in total. The molecule has 0 radical (unpaired) electrons.